The highest BCUT2D eigenvalue weighted by Gasteiger charge is 2.37. The fourth-order valence-corrected chi connectivity index (χ4v) is 4.03. The van der Waals surface area contributed by atoms with Crippen LogP contribution in [-0.4, -0.2) is 58.6 Å². The van der Waals surface area contributed by atoms with Gasteiger partial charge in [0.2, 0.25) is 0 Å². The van der Waals surface area contributed by atoms with Gasteiger partial charge in [0.1, 0.15) is 10.6 Å². The molecule has 2 aliphatic heterocycles. The number of carbonyl (C=O) groups excluding carboxylic acids is 1. The third-order valence-corrected chi connectivity index (χ3v) is 5.77. The van der Waals surface area contributed by atoms with E-state index in [0.29, 0.717) is 32.5 Å². The lowest BCUT2D eigenvalue weighted by molar-refractivity contribution is -0.0137. The Morgan fingerprint density at radius 1 is 1.43 bits per heavy atom. The number of aliphatic hydroxyl groups is 1. The number of thiazole rings is 1. The normalized spacial score (nSPS) is 20.8. The Hall–Kier alpha value is -1.44. The molecule has 0 aromatic carbocycles. The minimum absolute atomic E-state index is 0.0882. The van der Waals surface area contributed by atoms with Gasteiger partial charge in [-0.1, -0.05) is 6.08 Å². The van der Waals surface area contributed by atoms with Crippen LogP contribution in [0.2, 0.25) is 0 Å². The highest BCUT2D eigenvalue weighted by atomic mass is 32.1. The summed E-state index contributed by atoms with van der Waals surface area (Å²) in [6.45, 7) is 8.35. The topological polar surface area (TPSA) is 68.7 Å². The smallest absolute Gasteiger partial charge is 0.317 e. The molecule has 2 aliphatic rings. The second-order valence-electron chi connectivity index (χ2n) is 6.24. The molecule has 3 rings (SSSR count). The quantitative estimate of drug-likeness (QED) is 0.800. The first-order chi connectivity index (χ1) is 11.1. The summed E-state index contributed by atoms with van der Waals surface area (Å²) in [5, 5.41) is 14.8. The van der Waals surface area contributed by atoms with E-state index in [1.54, 1.807) is 22.3 Å². The van der Waals surface area contributed by atoms with Gasteiger partial charge < -0.3 is 15.3 Å². The van der Waals surface area contributed by atoms with Crippen molar-refractivity contribution in [1.82, 2.24) is 20.1 Å². The summed E-state index contributed by atoms with van der Waals surface area (Å²) in [4.78, 5) is 21.4. The number of nitrogens with zero attached hydrogens (tertiary/aromatic N) is 3. The molecule has 3 heterocycles. The summed E-state index contributed by atoms with van der Waals surface area (Å²) in [5.74, 6) is 0. The Bertz CT molecular complexity index is 562. The van der Waals surface area contributed by atoms with Crippen LogP contribution in [-0.2, 0) is 12.1 Å². The maximum absolute atomic E-state index is 11.9. The lowest BCUT2D eigenvalue weighted by atomic mass is 9.90. The molecule has 0 saturated carbocycles. The fourth-order valence-electron chi connectivity index (χ4n) is 2.93. The third kappa shape index (κ3) is 3.73. The molecule has 1 aromatic heterocycles. The second kappa shape index (κ2) is 6.98. The van der Waals surface area contributed by atoms with Crippen LogP contribution in [0, 0.1) is 0 Å². The van der Waals surface area contributed by atoms with Crippen molar-refractivity contribution in [3.05, 3.63) is 28.7 Å². The highest BCUT2D eigenvalue weighted by Crippen LogP contribution is 2.36. The van der Waals surface area contributed by atoms with Gasteiger partial charge in [-0.05, 0) is 32.4 Å². The lowest BCUT2D eigenvalue weighted by Gasteiger charge is -2.37. The van der Waals surface area contributed by atoms with Crippen LogP contribution in [0.4, 0.5) is 4.79 Å². The Morgan fingerprint density at radius 3 is 2.78 bits per heavy atom. The molecule has 2 amide bonds. The molecule has 7 heteroatoms. The number of carbonyl (C=O) groups is 1. The van der Waals surface area contributed by atoms with Gasteiger partial charge in [-0.25, -0.2) is 9.78 Å². The Balaban J connectivity index is 1.56. The van der Waals surface area contributed by atoms with Crippen LogP contribution >= 0.6 is 11.3 Å². The first-order valence-corrected chi connectivity index (χ1v) is 8.96. The van der Waals surface area contributed by atoms with Crippen molar-refractivity contribution in [3.8, 4) is 0 Å². The number of hydrogen-bond acceptors (Lipinski definition) is 5. The maximum Gasteiger partial charge on any atom is 0.317 e. The average molecular weight is 336 g/mol. The number of rotatable bonds is 5. The number of piperidine rings is 1. The van der Waals surface area contributed by atoms with Crippen molar-refractivity contribution in [2.45, 2.75) is 31.4 Å². The third-order valence-electron chi connectivity index (χ3n) is 4.60. The second-order valence-corrected chi connectivity index (χ2v) is 7.36. The van der Waals surface area contributed by atoms with E-state index < -0.39 is 5.60 Å². The van der Waals surface area contributed by atoms with E-state index in [1.807, 2.05) is 6.20 Å². The van der Waals surface area contributed by atoms with E-state index in [0.717, 1.165) is 29.5 Å². The van der Waals surface area contributed by atoms with Crippen LogP contribution in [0.3, 0.4) is 0 Å². The van der Waals surface area contributed by atoms with Gasteiger partial charge in [-0.3, -0.25) is 4.90 Å². The minimum atomic E-state index is -0.847. The summed E-state index contributed by atoms with van der Waals surface area (Å²) in [5.41, 5.74) is -0.847. The van der Waals surface area contributed by atoms with Gasteiger partial charge >= 0.3 is 6.03 Å². The van der Waals surface area contributed by atoms with Gasteiger partial charge in [-0.15, -0.1) is 17.9 Å². The monoisotopic (exact) mass is 336 g/mol. The van der Waals surface area contributed by atoms with Gasteiger partial charge in [-0.2, -0.15) is 0 Å². The number of hydrogen-bond donors (Lipinski definition) is 2. The molecule has 1 aromatic rings. The Morgan fingerprint density at radius 2 is 2.17 bits per heavy atom. The lowest BCUT2D eigenvalue weighted by Crippen LogP contribution is -2.48. The number of urea groups is 1. The predicted octanol–water partition coefficient (Wildman–Crippen LogP) is 1.53. The van der Waals surface area contributed by atoms with Gasteiger partial charge in [0.25, 0.3) is 0 Å². The van der Waals surface area contributed by atoms with E-state index in [2.05, 4.69) is 21.8 Å². The molecular formula is C16H24N4O2S. The van der Waals surface area contributed by atoms with Gasteiger partial charge in [0, 0.05) is 25.8 Å². The number of amides is 2. The molecule has 2 N–H and O–H groups in total. The van der Waals surface area contributed by atoms with E-state index in [4.69, 9.17) is 0 Å². The van der Waals surface area contributed by atoms with E-state index in [-0.39, 0.29) is 6.03 Å². The van der Waals surface area contributed by atoms with E-state index >= 15 is 0 Å². The highest BCUT2D eigenvalue weighted by molar-refractivity contribution is 7.11. The summed E-state index contributed by atoms with van der Waals surface area (Å²) < 4.78 is 0. The van der Waals surface area contributed by atoms with Crippen LogP contribution in [0.1, 0.15) is 29.1 Å². The van der Waals surface area contributed by atoms with Crippen LogP contribution in [0.15, 0.2) is 18.9 Å². The summed E-state index contributed by atoms with van der Waals surface area (Å²) in [6.07, 6.45) is 5.86. The summed E-state index contributed by atoms with van der Waals surface area (Å²) in [6, 6.07) is -0.0882. The zero-order chi connectivity index (χ0) is 16.3. The van der Waals surface area contributed by atoms with Gasteiger partial charge in [0.15, 0.2) is 0 Å². The summed E-state index contributed by atoms with van der Waals surface area (Å²) >= 11 is 1.60. The number of nitrogens with one attached hydrogen (secondary N) is 1. The largest absolute Gasteiger partial charge is 0.384 e. The van der Waals surface area contributed by atoms with E-state index in [9.17, 15) is 9.90 Å². The SMILES string of the molecule is C=CCNC(=O)N1CCC(O)(c2cnc(CN3CCC3)s2)CC1. The molecule has 2 fully saturated rings. The van der Waals surface area contributed by atoms with Crippen molar-refractivity contribution in [2.75, 3.05) is 32.7 Å². The minimum Gasteiger partial charge on any atom is -0.384 e. The van der Waals surface area contributed by atoms with Crippen molar-refractivity contribution in [3.63, 3.8) is 0 Å². The molecule has 0 radical (unpaired) electrons. The molecule has 23 heavy (non-hydrogen) atoms. The van der Waals surface area contributed by atoms with Crippen LogP contribution < -0.4 is 5.32 Å². The maximum atomic E-state index is 11.9. The van der Waals surface area contributed by atoms with Crippen LogP contribution in [0.5, 0.6) is 0 Å². The number of likely N-dealkylation sites (tertiary alicyclic amines) is 2. The zero-order valence-electron chi connectivity index (χ0n) is 13.3. The molecule has 0 aliphatic carbocycles. The molecular weight excluding hydrogens is 312 g/mol. The average Bonchev–Trinajstić information content (AvgIpc) is 2.99. The first-order valence-electron chi connectivity index (χ1n) is 8.14. The molecule has 0 spiro atoms. The van der Waals surface area contributed by atoms with Crippen molar-refractivity contribution in [2.24, 2.45) is 0 Å². The molecule has 0 atom stereocenters. The van der Waals surface area contributed by atoms with Crippen molar-refractivity contribution in [1.29, 1.82) is 0 Å². The van der Waals surface area contributed by atoms with Crippen molar-refractivity contribution < 1.29 is 9.90 Å². The molecule has 2 saturated heterocycles. The number of aromatic nitrogens is 1. The molecule has 0 bridgehead atoms. The first kappa shape index (κ1) is 16.4. The van der Waals surface area contributed by atoms with E-state index in [1.165, 1.54) is 6.42 Å². The molecule has 6 nitrogen and oxygen atoms in total. The Labute approximate surface area is 140 Å². The summed E-state index contributed by atoms with van der Waals surface area (Å²) in [7, 11) is 0. The molecule has 0 unspecified atom stereocenters. The van der Waals surface area contributed by atoms with Crippen LogP contribution in [0.25, 0.3) is 0 Å². The predicted molar refractivity (Wildman–Crippen MR) is 90.3 cm³/mol. The Kier molecular flexibility index (Phi) is 4.99. The molecule has 126 valence electrons. The fraction of sp³-hybridized carbons (Fsp3) is 0.625. The van der Waals surface area contributed by atoms with Gasteiger partial charge in [0.05, 0.1) is 11.4 Å². The van der Waals surface area contributed by atoms with Crippen molar-refractivity contribution >= 4 is 17.4 Å². The zero-order valence-corrected chi connectivity index (χ0v) is 14.1. The standard InChI is InChI=1S/C16H24N4O2S/c1-2-6-17-15(21)20-9-4-16(22,5-10-20)13-11-18-14(23-13)12-19-7-3-8-19/h2,11,22H,1,3-10,12H2,(H,17,21).